The van der Waals surface area contributed by atoms with Crippen molar-refractivity contribution in [3.8, 4) is 11.4 Å². The number of carbonyl (C=O) groups excluding carboxylic acids is 1. The van der Waals surface area contributed by atoms with Gasteiger partial charge in [0.25, 0.3) is 0 Å². The molecule has 9 nitrogen and oxygen atoms in total. The number of carbonyl (C=O) groups is 1. The Labute approximate surface area is 198 Å². The van der Waals surface area contributed by atoms with E-state index in [4.69, 9.17) is 9.72 Å². The molecule has 1 aliphatic rings. The van der Waals surface area contributed by atoms with Crippen LogP contribution in [0.2, 0.25) is 0 Å². The van der Waals surface area contributed by atoms with Crippen LogP contribution in [0.15, 0.2) is 61.1 Å². The first kappa shape index (κ1) is 21.7. The van der Waals surface area contributed by atoms with Gasteiger partial charge in [0.2, 0.25) is 11.9 Å². The van der Waals surface area contributed by atoms with Crippen LogP contribution < -0.4 is 15.0 Å². The predicted molar refractivity (Wildman–Crippen MR) is 130 cm³/mol. The Kier molecular flexibility index (Phi) is 5.75. The van der Waals surface area contributed by atoms with Crippen LogP contribution in [0.25, 0.3) is 5.69 Å². The van der Waals surface area contributed by atoms with Gasteiger partial charge < -0.3 is 19.5 Å². The Balaban J connectivity index is 1.42. The number of hydrogen-bond donors (Lipinski definition) is 1. The molecule has 5 rings (SSSR count). The molecule has 1 aliphatic heterocycles. The molecule has 0 spiro atoms. The number of aromatic nitrogens is 5. The predicted octanol–water partition coefficient (Wildman–Crippen LogP) is 4.06. The van der Waals surface area contributed by atoms with E-state index in [1.165, 1.54) is 5.56 Å². The molecule has 0 aliphatic carbocycles. The summed E-state index contributed by atoms with van der Waals surface area (Å²) in [5, 5.41) is 7.86. The van der Waals surface area contributed by atoms with Gasteiger partial charge in [-0.15, -0.1) is 5.10 Å². The average molecular weight is 458 g/mol. The summed E-state index contributed by atoms with van der Waals surface area (Å²) in [5.41, 5.74) is 3.83. The Morgan fingerprint density at radius 1 is 1.21 bits per heavy atom. The lowest BCUT2D eigenvalue weighted by atomic mass is 9.95. The van der Waals surface area contributed by atoms with E-state index in [1.54, 1.807) is 25.0 Å². The normalized spacial score (nSPS) is 15.1. The van der Waals surface area contributed by atoms with Crippen molar-refractivity contribution >= 4 is 23.4 Å². The quantitative estimate of drug-likeness (QED) is 0.427. The number of anilines is 3. The highest BCUT2D eigenvalue weighted by Crippen LogP contribution is 2.37. The highest BCUT2D eigenvalue weighted by Gasteiger charge is 2.33. The first-order chi connectivity index (χ1) is 16.5. The van der Waals surface area contributed by atoms with Gasteiger partial charge in [0.05, 0.1) is 30.9 Å². The first-order valence-corrected chi connectivity index (χ1v) is 11.2. The summed E-state index contributed by atoms with van der Waals surface area (Å²) in [6, 6.07) is 16.4. The largest absolute Gasteiger partial charge is 0.494 e. The SMILES string of the molecule is COc1cc(Nc2nc(N3CCC3c3ccccc3)n(CC(C)=O)n2)ccc1-n1cnc(C)c1. The molecule has 1 fully saturated rings. The van der Waals surface area contributed by atoms with E-state index in [0.29, 0.717) is 17.6 Å². The number of hydrogen-bond acceptors (Lipinski definition) is 7. The van der Waals surface area contributed by atoms with Gasteiger partial charge in [-0.3, -0.25) is 4.79 Å². The van der Waals surface area contributed by atoms with Gasteiger partial charge >= 0.3 is 0 Å². The zero-order chi connectivity index (χ0) is 23.7. The number of nitrogens with one attached hydrogen (secondary N) is 1. The number of aryl methyl sites for hydroxylation is 1. The summed E-state index contributed by atoms with van der Waals surface area (Å²) in [5.74, 6) is 1.84. The fourth-order valence-electron chi connectivity index (χ4n) is 4.22. The summed E-state index contributed by atoms with van der Waals surface area (Å²) >= 11 is 0. The van der Waals surface area contributed by atoms with Crippen molar-refractivity contribution in [2.75, 3.05) is 23.9 Å². The zero-order valence-electron chi connectivity index (χ0n) is 19.5. The third-order valence-corrected chi connectivity index (χ3v) is 5.91. The fourth-order valence-corrected chi connectivity index (χ4v) is 4.22. The van der Waals surface area contributed by atoms with Crippen molar-refractivity contribution in [3.05, 3.63) is 72.3 Å². The molecular formula is C25H27N7O2. The second kappa shape index (κ2) is 9.01. The molecule has 34 heavy (non-hydrogen) atoms. The minimum absolute atomic E-state index is 0.0242. The number of ether oxygens (including phenoxy) is 1. The molecule has 1 N–H and O–H groups in total. The number of benzene rings is 2. The molecule has 9 heteroatoms. The van der Waals surface area contributed by atoms with Crippen LogP contribution >= 0.6 is 0 Å². The van der Waals surface area contributed by atoms with E-state index in [9.17, 15) is 4.79 Å². The second-order valence-electron chi connectivity index (χ2n) is 8.44. The lowest BCUT2D eigenvalue weighted by Crippen LogP contribution is -2.42. The minimum Gasteiger partial charge on any atom is -0.494 e. The molecule has 2 aromatic heterocycles. The lowest BCUT2D eigenvalue weighted by Gasteiger charge is -2.41. The maximum absolute atomic E-state index is 11.9. The van der Waals surface area contributed by atoms with Crippen molar-refractivity contribution in [1.29, 1.82) is 0 Å². The van der Waals surface area contributed by atoms with Crippen molar-refractivity contribution in [2.24, 2.45) is 0 Å². The molecule has 0 radical (unpaired) electrons. The number of ketones is 1. The molecule has 3 heterocycles. The number of imidazole rings is 1. The van der Waals surface area contributed by atoms with Crippen molar-refractivity contribution < 1.29 is 9.53 Å². The minimum atomic E-state index is 0.0242. The van der Waals surface area contributed by atoms with Crippen molar-refractivity contribution in [2.45, 2.75) is 32.9 Å². The summed E-state index contributed by atoms with van der Waals surface area (Å²) in [4.78, 5) is 23.2. The van der Waals surface area contributed by atoms with Crippen LogP contribution in [0.4, 0.5) is 17.6 Å². The second-order valence-corrected chi connectivity index (χ2v) is 8.44. The molecule has 0 amide bonds. The van der Waals surface area contributed by atoms with Crippen LogP contribution in [0, 0.1) is 6.92 Å². The van der Waals surface area contributed by atoms with Crippen LogP contribution in [0.1, 0.15) is 30.6 Å². The van der Waals surface area contributed by atoms with Gasteiger partial charge in [-0.05, 0) is 38.0 Å². The Morgan fingerprint density at radius 3 is 2.68 bits per heavy atom. The van der Waals surface area contributed by atoms with E-state index in [0.717, 1.165) is 30.0 Å². The van der Waals surface area contributed by atoms with E-state index < -0.39 is 0 Å². The summed E-state index contributed by atoms with van der Waals surface area (Å²) in [6.45, 7) is 4.54. The molecule has 4 aromatic rings. The fraction of sp³-hybridized carbons (Fsp3) is 0.280. The molecular weight excluding hydrogens is 430 g/mol. The molecule has 0 saturated carbocycles. The number of methoxy groups -OCH3 is 1. The number of rotatable bonds is 8. The molecule has 1 atom stereocenters. The average Bonchev–Trinajstić information content (AvgIpc) is 3.39. The Hall–Kier alpha value is -4.14. The molecule has 174 valence electrons. The van der Waals surface area contributed by atoms with Gasteiger partial charge in [-0.25, -0.2) is 9.67 Å². The Morgan fingerprint density at radius 2 is 2.03 bits per heavy atom. The van der Waals surface area contributed by atoms with Gasteiger partial charge in [-0.1, -0.05) is 30.3 Å². The third kappa shape index (κ3) is 4.24. The van der Waals surface area contributed by atoms with E-state index in [2.05, 4.69) is 32.4 Å². The summed E-state index contributed by atoms with van der Waals surface area (Å²) in [6.07, 6.45) is 4.73. The monoisotopic (exact) mass is 457 g/mol. The number of Topliss-reactive ketones (excluding diaryl/α,β-unsaturated/α-hetero) is 1. The van der Waals surface area contributed by atoms with E-state index >= 15 is 0 Å². The summed E-state index contributed by atoms with van der Waals surface area (Å²) in [7, 11) is 1.64. The van der Waals surface area contributed by atoms with Crippen LogP contribution in [-0.4, -0.2) is 43.8 Å². The maximum Gasteiger partial charge on any atom is 0.248 e. The topological polar surface area (TPSA) is 90.1 Å². The third-order valence-electron chi connectivity index (χ3n) is 5.91. The molecule has 2 aromatic carbocycles. The zero-order valence-corrected chi connectivity index (χ0v) is 19.5. The standard InChI is InChI=1S/C25H27N7O2/c1-17-14-30(16-26-17)22-10-9-20(13-23(22)34-3)27-24-28-25(32(29-24)15-18(2)33)31-12-11-21(31)19-7-5-4-6-8-19/h4-10,13-14,16,21H,11-12,15H2,1-3H3,(H,27,29). The smallest absolute Gasteiger partial charge is 0.248 e. The van der Waals surface area contributed by atoms with Crippen molar-refractivity contribution in [3.63, 3.8) is 0 Å². The first-order valence-electron chi connectivity index (χ1n) is 11.2. The molecule has 1 saturated heterocycles. The van der Waals surface area contributed by atoms with Crippen LogP contribution in [0.3, 0.4) is 0 Å². The van der Waals surface area contributed by atoms with Gasteiger partial charge in [-0.2, -0.15) is 4.98 Å². The van der Waals surface area contributed by atoms with E-state index in [1.807, 2.05) is 54.1 Å². The summed E-state index contributed by atoms with van der Waals surface area (Å²) < 4.78 is 9.21. The maximum atomic E-state index is 11.9. The molecule has 1 unspecified atom stereocenters. The van der Waals surface area contributed by atoms with E-state index in [-0.39, 0.29) is 18.4 Å². The van der Waals surface area contributed by atoms with Crippen molar-refractivity contribution in [1.82, 2.24) is 24.3 Å². The highest BCUT2D eigenvalue weighted by atomic mass is 16.5. The van der Waals surface area contributed by atoms with Crippen LogP contribution in [-0.2, 0) is 11.3 Å². The lowest BCUT2D eigenvalue weighted by molar-refractivity contribution is -0.117. The Bertz CT molecular complexity index is 1310. The van der Waals surface area contributed by atoms with Crippen LogP contribution in [0.5, 0.6) is 5.75 Å². The highest BCUT2D eigenvalue weighted by molar-refractivity contribution is 5.75. The van der Waals surface area contributed by atoms with Gasteiger partial charge in [0.15, 0.2) is 5.78 Å². The van der Waals surface area contributed by atoms with Gasteiger partial charge in [0.1, 0.15) is 12.3 Å². The van der Waals surface area contributed by atoms with Gasteiger partial charge in [0, 0.05) is 24.5 Å². The number of nitrogens with zero attached hydrogens (tertiary/aromatic N) is 6. The molecule has 0 bridgehead atoms.